The quantitative estimate of drug-likeness (QED) is 0.220. The average Bonchev–Trinajstić information content (AvgIpc) is 2.95. The second kappa shape index (κ2) is 13.6. The van der Waals surface area contributed by atoms with Gasteiger partial charge in [0.25, 0.3) is 0 Å². The Morgan fingerprint density at radius 3 is 1.76 bits per heavy atom. The summed E-state index contributed by atoms with van der Waals surface area (Å²) in [6.45, 7) is 0.965. The molecule has 0 bridgehead atoms. The van der Waals surface area contributed by atoms with Crippen molar-refractivity contribution in [2.75, 3.05) is 14.2 Å². The monoisotopic (exact) mass is 498 g/mol. The molecule has 0 heterocycles. The molecule has 37 heavy (non-hydrogen) atoms. The Hall–Kier alpha value is -3.64. The van der Waals surface area contributed by atoms with E-state index < -0.39 is 12.4 Å². The number of hydrogen-bond acceptors (Lipinski definition) is 5. The van der Waals surface area contributed by atoms with Gasteiger partial charge in [-0.1, -0.05) is 78.9 Å². The number of methoxy groups -OCH3 is 2. The van der Waals surface area contributed by atoms with Crippen LogP contribution in [-0.4, -0.2) is 25.6 Å². The summed E-state index contributed by atoms with van der Waals surface area (Å²) in [5.41, 5.74) is 4.93. The highest BCUT2D eigenvalue weighted by atomic mass is 16.7. The molecular formula is C32H34O5. The second-order valence-corrected chi connectivity index (χ2v) is 8.88. The molecule has 0 spiro atoms. The van der Waals surface area contributed by atoms with E-state index in [0.29, 0.717) is 26.1 Å². The summed E-state index contributed by atoms with van der Waals surface area (Å²) in [7, 11) is 3.22. The van der Waals surface area contributed by atoms with E-state index in [4.69, 9.17) is 18.9 Å². The SMILES string of the molecule is COC(Cc1cc(OCc2ccccc2)ccc1[C@H](O)Cc1cccc(OCc2ccccc2)c1)OC. The van der Waals surface area contributed by atoms with Gasteiger partial charge in [-0.3, -0.25) is 0 Å². The van der Waals surface area contributed by atoms with E-state index in [2.05, 4.69) is 0 Å². The maximum atomic E-state index is 11.2. The first-order valence-corrected chi connectivity index (χ1v) is 12.4. The highest BCUT2D eigenvalue weighted by Gasteiger charge is 2.18. The average molecular weight is 499 g/mol. The Morgan fingerprint density at radius 1 is 0.595 bits per heavy atom. The second-order valence-electron chi connectivity index (χ2n) is 8.88. The standard InChI is InChI=1S/C32H34O5/c1-34-32(35-2)21-27-20-29(37-23-25-12-7-4-8-13-25)16-17-30(27)31(33)19-26-14-9-15-28(18-26)36-22-24-10-5-3-6-11-24/h3-18,20,31-33H,19,21-23H2,1-2H3/t31-/m1/s1. The van der Waals surface area contributed by atoms with E-state index in [1.165, 1.54) is 0 Å². The van der Waals surface area contributed by atoms with Crippen molar-refractivity contribution in [3.63, 3.8) is 0 Å². The molecule has 0 saturated carbocycles. The lowest BCUT2D eigenvalue weighted by Crippen LogP contribution is -2.18. The van der Waals surface area contributed by atoms with Crippen molar-refractivity contribution in [2.45, 2.75) is 38.4 Å². The fourth-order valence-electron chi connectivity index (χ4n) is 4.19. The lowest BCUT2D eigenvalue weighted by molar-refractivity contribution is -0.100. The molecule has 0 aliphatic carbocycles. The zero-order valence-corrected chi connectivity index (χ0v) is 21.4. The van der Waals surface area contributed by atoms with Crippen LogP contribution in [0.1, 0.15) is 33.9 Å². The third kappa shape index (κ3) is 7.92. The van der Waals surface area contributed by atoms with Gasteiger partial charge < -0.3 is 24.1 Å². The van der Waals surface area contributed by atoms with Crippen LogP contribution in [0, 0.1) is 0 Å². The smallest absolute Gasteiger partial charge is 0.160 e. The van der Waals surface area contributed by atoms with Gasteiger partial charge >= 0.3 is 0 Å². The molecule has 0 fully saturated rings. The highest BCUT2D eigenvalue weighted by Crippen LogP contribution is 2.29. The third-order valence-corrected chi connectivity index (χ3v) is 6.21. The number of ether oxygens (including phenoxy) is 4. The van der Waals surface area contributed by atoms with Gasteiger partial charge in [-0.05, 0) is 52.1 Å². The number of aliphatic hydroxyl groups is 1. The largest absolute Gasteiger partial charge is 0.489 e. The minimum atomic E-state index is -0.711. The van der Waals surface area contributed by atoms with Crippen LogP contribution in [0.15, 0.2) is 103 Å². The first-order valence-electron chi connectivity index (χ1n) is 12.4. The van der Waals surface area contributed by atoms with E-state index in [9.17, 15) is 5.11 Å². The summed E-state index contributed by atoms with van der Waals surface area (Å²) >= 11 is 0. The van der Waals surface area contributed by atoms with Crippen molar-refractivity contribution in [3.8, 4) is 11.5 Å². The van der Waals surface area contributed by atoms with Gasteiger partial charge in [0.15, 0.2) is 6.29 Å². The molecule has 4 aromatic carbocycles. The summed E-state index contributed by atoms with van der Waals surface area (Å²) in [5, 5.41) is 11.2. The van der Waals surface area contributed by atoms with Crippen molar-refractivity contribution < 1.29 is 24.1 Å². The van der Waals surface area contributed by atoms with E-state index in [0.717, 1.165) is 39.3 Å². The number of rotatable bonds is 13. The molecule has 0 amide bonds. The molecule has 4 aromatic rings. The topological polar surface area (TPSA) is 57.2 Å². The Labute approximate surface area is 219 Å². The number of aliphatic hydroxyl groups excluding tert-OH is 1. The summed E-state index contributed by atoms with van der Waals surface area (Å²) in [6.07, 6.45) is -0.200. The van der Waals surface area contributed by atoms with Gasteiger partial charge in [0, 0.05) is 27.1 Å². The Bertz CT molecular complexity index is 1220. The fraction of sp³-hybridized carbons (Fsp3) is 0.250. The van der Waals surface area contributed by atoms with Crippen molar-refractivity contribution in [2.24, 2.45) is 0 Å². The molecule has 192 valence electrons. The zero-order valence-electron chi connectivity index (χ0n) is 21.4. The first kappa shape index (κ1) is 26.4. The molecule has 5 nitrogen and oxygen atoms in total. The number of hydrogen-bond donors (Lipinski definition) is 1. The van der Waals surface area contributed by atoms with E-state index >= 15 is 0 Å². The van der Waals surface area contributed by atoms with E-state index in [-0.39, 0.29) is 0 Å². The summed E-state index contributed by atoms with van der Waals surface area (Å²) in [5.74, 6) is 1.51. The Balaban J connectivity index is 1.47. The molecule has 1 N–H and O–H groups in total. The molecule has 0 radical (unpaired) electrons. The third-order valence-electron chi connectivity index (χ3n) is 6.21. The summed E-state index contributed by atoms with van der Waals surface area (Å²) < 4.78 is 22.9. The molecule has 0 aliphatic heterocycles. The van der Waals surface area contributed by atoms with Crippen molar-refractivity contribution >= 4 is 0 Å². The Morgan fingerprint density at radius 2 is 1.16 bits per heavy atom. The van der Waals surface area contributed by atoms with Crippen molar-refractivity contribution in [1.82, 2.24) is 0 Å². The summed E-state index contributed by atoms with van der Waals surface area (Å²) in [6, 6.07) is 33.8. The van der Waals surface area contributed by atoms with Crippen LogP contribution in [-0.2, 0) is 35.5 Å². The van der Waals surface area contributed by atoms with Crippen LogP contribution >= 0.6 is 0 Å². The van der Waals surface area contributed by atoms with Gasteiger partial charge in [-0.2, -0.15) is 0 Å². The van der Waals surface area contributed by atoms with Gasteiger partial charge in [0.2, 0.25) is 0 Å². The fourth-order valence-corrected chi connectivity index (χ4v) is 4.19. The molecule has 4 rings (SSSR count). The highest BCUT2D eigenvalue weighted by molar-refractivity contribution is 5.39. The van der Waals surface area contributed by atoms with Crippen LogP contribution in [0.25, 0.3) is 0 Å². The van der Waals surface area contributed by atoms with E-state index in [1.54, 1.807) is 14.2 Å². The minimum absolute atomic E-state index is 0.426. The maximum absolute atomic E-state index is 11.2. The predicted molar refractivity (Wildman–Crippen MR) is 145 cm³/mol. The lowest BCUT2D eigenvalue weighted by atomic mass is 9.95. The summed E-state index contributed by atoms with van der Waals surface area (Å²) in [4.78, 5) is 0. The van der Waals surface area contributed by atoms with Crippen LogP contribution in [0.5, 0.6) is 11.5 Å². The molecule has 0 aliphatic rings. The molecule has 5 heteroatoms. The number of benzene rings is 4. The normalized spacial score (nSPS) is 11.9. The predicted octanol–water partition coefficient (Wildman–Crippen LogP) is 6.28. The molecule has 0 aromatic heterocycles. The maximum Gasteiger partial charge on any atom is 0.160 e. The van der Waals surface area contributed by atoms with Crippen LogP contribution < -0.4 is 9.47 Å². The van der Waals surface area contributed by atoms with Gasteiger partial charge in [-0.15, -0.1) is 0 Å². The molecular weight excluding hydrogens is 464 g/mol. The van der Waals surface area contributed by atoms with Gasteiger partial charge in [0.1, 0.15) is 24.7 Å². The van der Waals surface area contributed by atoms with Crippen LogP contribution in [0.4, 0.5) is 0 Å². The van der Waals surface area contributed by atoms with Crippen LogP contribution in [0.2, 0.25) is 0 Å². The Kier molecular flexibility index (Phi) is 9.72. The molecule has 1 atom stereocenters. The molecule has 0 unspecified atom stereocenters. The van der Waals surface area contributed by atoms with Crippen LogP contribution in [0.3, 0.4) is 0 Å². The van der Waals surface area contributed by atoms with Crippen molar-refractivity contribution in [1.29, 1.82) is 0 Å². The van der Waals surface area contributed by atoms with Gasteiger partial charge in [-0.25, -0.2) is 0 Å². The van der Waals surface area contributed by atoms with Gasteiger partial charge in [0.05, 0.1) is 6.10 Å². The van der Waals surface area contributed by atoms with E-state index in [1.807, 2.05) is 103 Å². The minimum Gasteiger partial charge on any atom is -0.489 e. The molecule has 0 saturated heterocycles. The lowest BCUT2D eigenvalue weighted by Gasteiger charge is -2.20. The van der Waals surface area contributed by atoms with Crippen molar-refractivity contribution in [3.05, 3.63) is 131 Å². The first-order chi connectivity index (χ1) is 18.1. The zero-order chi connectivity index (χ0) is 25.9.